The van der Waals surface area contributed by atoms with E-state index < -0.39 is 16.9 Å². The van der Waals surface area contributed by atoms with Crippen LogP contribution in [0.2, 0.25) is 0 Å². The van der Waals surface area contributed by atoms with E-state index in [0.717, 1.165) is 15.6 Å². The molecule has 3 aromatic rings. The fourth-order valence-corrected chi connectivity index (χ4v) is 4.25. The van der Waals surface area contributed by atoms with Crippen molar-refractivity contribution in [2.24, 2.45) is 0 Å². The number of hydrogen-bond acceptors (Lipinski definition) is 6. The molecule has 0 bridgehead atoms. The number of benzene rings is 3. The molecule has 0 aliphatic heterocycles. The van der Waals surface area contributed by atoms with E-state index in [2.05, 4.69) is 21.2 Å². The fourth-order valence-electron chi connectivity index (χ4n) is 3.80. The summed E-state index contributed by atoms with van der Waals surface area (Å²) in [6.07, 6.45) is 0.317. The zero-order valence-electron chi connectivity index (χ0n) is 20.6. The third kappa shape index (κ3) is 7.78. The van der Waals surface area contributed by atoms with Gasteiger partial charge in [0.1, 0.15) is 11.8 Å². The van der Waals surface area contributed by atoms with E-state index in [1.54, 1.807) is 0 Å². The van der Waals surface area contributed by atoms with Gasteiger partial charge in [-0.25, -0.2) is 0 Å². The van der Waals surface area contributed by atoms with Crippen LogP contribution in [0.25, 0.3) is 0 Å². The minimum absolute atomic E-state index is 0.0187. The first-order chi connectivity index (χ1) is 17.8. The Labute approximate surface area is 223 Å². The number of nitrogens with one attached hydrogen (secondary N) is 1. The minimum Gasteiger partial charge on any atom is -0.490 e. The Morgan fingerprint density at radius 2 is 1.78 bits per heavy atom. The van der Waals surface area contributed by atoms with Crippen LogP contribution in [0.15, 0.2) is 77.3 Å². The van der Waals surface area contributed by atoms with E-state index >= 15 is 0 Å². The highest BCUT2D eigenvalue weighted by molar-refractivity contribution is 9.10. The molecule has 0 spiro atoms. The Hall–Kier alpha value is -3.92. The van der Waals surface area contributed by atoms with E-state index in [-0.39, 0.29) is 36.2 Å². The Bertz CT molecular complexity index is 1240. The van der Waals surface area contributed by atoms with Crippen molar-refractivity contribution in [3.05, 3.63) is 98.5 Å². The van der Waals surface area contributed by atoms with Crippen LogP contribution in [-0.4, -0.2) is 47.9 Å². The van der Waals surface area contributed by atoms with Crippen molar-refractivity contribution in [3.8, 4) is 11.5 Å². The van der Waals surface area contributed by atoms with Gasteiger partial charge in [0, 0.05) is 36.1 Å². The lowest BCUT2D eigenvalue weighted by Crippen LogP contribution is -2.51. The van der Waals surface area contributed by atoms with Gasteiger partial charge < -0.3 is 19.7 Å². The molecule has 0 aliphatic carbocycles. The van der Waals surface area contributed by atoms with Crippen molar-refractivity contribution in [2.75, 3.05) is 20.3 Å². The van der Waals surface area contributed by atoms with E-state index in [9.17, 15) is 19.7 Å². The van der Waals surface area contributed by atoms with Gasteiger partial charge >= 0.3 is 5.69 Å². The van der Waals surface area contributed by atoms with Crippen molar-refractivity contribution in [1.82, 2.24) is 10.2 Å². The molecule has 1 N–H and O–H groups in total. The van der Waals surface area contributed by atoms with Gasteiger partial charge in [-0.3, -0.25) is 19.7 Å². The molecular weight excluding hydrogens is 542 g/mol. The number of nitro benzene ring substituents is 1. The summed E-state index contributed by atoms with van der Waals surface area (Å²) in [7, 11) is 1.32. The molecule has 0 aromatic heterocycles. The predicted octanol–water partition coefficient (Wildman–Crippen LogP) is 4.52. The molecule has 0 fully saturated rings. The second-order valence-electron chi connectivity index (χ2n) is 8.13. The first-order valence-corrected chi connectivity index (χ1v) is 12.4. The normalized spacial score (nSPS) is 11.3. The van der Waals surface area contributed by atoms with Crippen LogP contribution < -0.4 is 14.8 Å². The number of nitro groups is 1. The summed E-state index contributed by atoms with van der Waals surface area (Å²) in [5.74, 6) is -0.433. The summed E-state index contributed by atoms with van der Waals surface area (Å²) < 4.78 is 11.6. The van der Waals surface area contributed by atoms with Crippen LogP contribution in [0, 0.1) is 10.1 Å². The number of methoxy groups -OCH3 is 1. The monoisotopic (exact) mass is 569 g/mol. The lowest BCUT2D eigenvalue weighted by Gasteiger charge is -2.31. The number of rotatable bonds is 12. The average molecular weight is 570 g/mol. The highest BCUT2D eigenvalue weighted by atomic mass is 79.9. The van der Waals surface area contributed by atoms with Crippen molar-refractivity contribution in [1.29, 1.82) is 0 Å². The van der Waals surface area contributed by atoms with Gasteiger partial charge in [0.05, 0.1) is 12.0 Å². The zero-order chi connectivity index (χ0) is 26.8. The van der Waals surface area contributed by atoms with Crippen LogP contribution in [-0.2, 0) is 22.6 Å². The number of carbonyl (C=O) groups is 2. The van der Waals surface area contributed by atoms with Crippen molar-refractivity contribution in [2.45, 2.75) is 25.9 Å². The maximum absolute atomic E-state index is 13.5. The minimum atomic E-state index is -0.788. The summed E-state index contributed by atoms with van der Waals surface area (Å²) >= 11 is 3.46. The molecule has 9 nitrogen and oxygen atoms in total. The largest absolute Gasteiger partial charge is 0.490 e. The Morgan fingerprint density at radius 3 is 2.43 bits per heavy atom. The van der Waals surface area contributed by atoms with E-state index in [1.165, 1.54) is 30.2 Å². The molecule has 194 valence electrons. The summed E-state index contributed by atoms with van der Waals surface area (Å²) in [4.78, 5) is 38.8. The Kier molecular flexibility index (Phi) is 10.0. The molecule has 1 unspecified atom stereocenters. The number of hydrogen-bond donors (Lipinski definition) is 1. The summed E-state index contributed by atoms with van der Waals surface area (Å²) in [6.45, 7) is 2.05. The molecule has 0 saturated carbocycles. The van der Waals surface area contributed by atoms with Gasteiger partial charge in [0.15, 0.2) is 6.61 Å². The number of ether oxygens (including phenoxy) is 2. The molecule has 3 aromatic carbocycles. The maximum Gasteiger partial charge on any atom is 0.311 e. The van der Waals surface area contributed by atoms with Crippen LogP contribution in [0.1, 0.15) is 18.1 Å². The Balaban J connectivity index is 1.89. The zero-order valence-corrected chi connectivity index (χ0v) is 22.1. The first kappa shape index (κ1) is 27.7. The second kappa shape index (κ2) is 13.4. The predicted molar refractivity (Wildman–Crippen MR) is 142 cm³/mol. The third-order valence-corrected chi connectivity index (χ3v) is 6.07. The first-order valence-electron chi connectivity index (χ1n) is 11.6. The molecule has 0 saturated heterocycles. The standard InChI is InChI=1S/C27H28BrN3O6/c1-3-29-27(33)24(15-19-8-5-4-6-9-19)30(17-20-10-7-11-21(28)14-20)26(32)18-37-22-12-13-23(31(34)35)25(16-22)36-2/h4-14,16,24H,3,15,17-18H2,1-2H3,(H,29,33). The van der Waals surface area contributed by atoms with Crippen molar-refractivity contribution < 1.29 is 24.0 Å². The summed E-state index contributed by atoms with van der Waals surface area (Å²) in [5.41, 5.74) is 1.53. The number of halogens is 1. The van der Waals surface area contributed by atoms with Crippen LogP contribution in [0.5, 0.6) is 11.5 Å². The van der Waals surface area contributed by atoms with Crippen LogP contribution in [0.3, 0.4) is 0 Å². The van der Waals surface area contributed by atoms with Gasteiger partial charge in [-0.15, -0.1) is 0 Å². The fraction of sp³-hybridized carbons (Fsp3) is 0.259. The third-order valence-electron chi connectivity index (χ3n) is 5.57. The van der Waals surface area contributed by atoms with E-state index in [0.29, 0.717) is 13.0 Å². The van der Waals surface area contributed by atoms with Gasteiger partial charge in [-0.2, -0.15) is 0 Å². The topological polar surface area (TPSA) is 111 Å². The molecular formula is C27H28BrN3O6. The molecule has 0 heterocycles. The van der Waals surface area contributed by atoms with Crippen LogP contribution >= 0.6 is 15.9 Å². The quantitative estimate of drug-likeness (QED) is 0.253. The van der Waals surface area contributed by atoms with Gasteiger partial charge in [0.25, 0.3) is 5.91 Å². The molecule has 2 amide bonds. The van der Waals surface area contributed by atoms with E-state index in [4.69, 9.17) is 9.47 Å². The van der Waals surface area contributed by atoms with E-state index in [1.807, 2.05) is 61.5 Å². The SMILES string of the molecule is CCNC(=O)C(Cc1ccccc1)N(Cc1cccc(Br)c1)C(=O)COc1ccc([N+](=O)[O-])c(OC)c1. The summed E-state index contributed by atoms with van der Waals surface area (Å²) in [6, 6.07) is 20.2. The number of nitrogens with zero attached hydrogens (tertiary/aromatic N) is 2. The number of likely N-dealkylation sites (N-methyl/N-ethyl adjacent to an activating group) is 1. The molecule has 37 heavy (non-hydrogen) atoms. The van der Waals surface area contributed by atoms with Crippen LogP contribution in [0.4, 0.5) is 5.69 Å². The molecule has 10 heteroatoms. The molecule has 3 rings (SSSR count). The van der Waals surface area contributed by atoms with Crippen molar-refractivity contribution in [3.63, 3.8) is 0 Å². The maximum atomic E-state index is 13.5. The Morgan fingerprint density at radius 1 is 1.05 bits per heavy atom. The lowest BCUT2D eigenvalue weighted by molar-refractivity contribution is -0.385. The summed E-state index contributed by atoms with van der Waals surface area (Å²) in [5, 5.41) is 14.0. The lowest BCUT2D eigenvalue weighted by atomic mass is 10.0. The highest BCUT2D eigenvalue weighted by Crippen LogP contribution is 2.31. The molecule has 1 atom stereocenters. The highest BCUT2D eigenvalue weighted by Gasteiger charge is 2.30. The van der Waals surface area contributed by atoms with Gasteiger partial charge in [0.2, 0.25) is 11.7 Å². The smallest absolute Gasteiger partial charge is 0.311 e. The number of carbonyl (C=O) groups excluding carboxylic acids is 2. The molecule has 0 radical (unpaired) electrons. The molecule has 0 aliphatic rings. The van der Waals surface area contributed by atoms with Gasteiger partial charge in [-0.05, 0) is 36.2 Å². The average Bonchev–Trinajstić information content (AvgIpc) is 2.89. The second-order valence-corrected chi connectivity index (χ2v) is 9.05. The van der Waals surface area contributed by atoms with Crippen molar-refractivity contribution >= 4 is 33.4 Å². The van der Waals surface area contributed by atoms with Gasteiger partial charge in [-0.1, -0.05) is 58.4 Å². The number of amides is 2.